The second-order valence-electron chi connectivity index (χ2n) is 6.68. The number of fused-ring (bicyclic) bond motifs is 1. The van der Waals surface area contributed by atoms with E-state index in [1.807, 2.05) is 0 Å². The number of nitrogens with two attached hydrogens (primary N) is 1. The van der Waals surface area contributed by atoms with Crippen molar-refractivity contribution in [1.29, 1.82) is 0 Å². The van der Waals surface area contributed by atoms with Crippen LogP contribution in [0, 0.1) is 5.92 Å². The summed E-state index contributed by atoms with van der Waals surface area (Å²) >= 11 is 0. The van der Waals surface area contributed by atoms with Crippen molar-refractivity contribution in [1.82, 2.24) is 4.90 Å². The van der Waals surface area contributed by atoms with Crippen LogP contribution in [0.1, 0.15) is 44.1 Å². The number of hydrogen-bond donors (Lipinski definition) is 1. The van der Waals surface area contributed by atoms with Crippen LogP contribution in [0.15, 0.2) is 30.3 Å². The Labute approximate surface area is 123 Å². The molecule has 1 aliphatic heterocycles. The minimum Gasteiger partial charge on any atom is -0.327 e. The third kappa shape index (κ3) is 3.42. The molecule has 3 rings (SSSR count). The molecule has 2 aliphatic rings. The van der Waals surface area contributed by atoms with E-state index in [-0.39, 0.29) is 0 Å². The first kappa shape index (κ1) is 14.1. The summed E-state index contributed by atoms with van der Waals surface area (Å²) < 4.78 is 0. The van der Waals surface area contributed by atoms with Crippen molar-refractivity contribution < 1.29 is 0 Å². The Morgan fingerprint density at radius 3 is 2.75 bits per heavy atom. The molecule has 2 fully saturated rings. The van der Waals surface area contributed by atoms with E-state index in [2.05, 4.69) is 35.2 Å². The summed E-state index contributed by atoms with van der Waals surface area (Å²) in [5.74, 6) is 0.977. The molecular formula is C18H28N2. The SMILES string of the molecule is NC(CCc1ccccc1)CN1CCC2CCCCC21. The monoisotopic (exact) mass is 272 g/mol. The van der Waals surface area contributed by atoms with Crippen molar-refractivity contribution in [3.63, 3.8) is 0 Å². The van der Waals surface area contributed by atoms with Crippen LogP contribution < -0.4 is 5.73 Å². The van der Waals surface area contributed by atoms with Crippen LogP contribution in [0.4, 0.5) is 0 Å². The number of likely N-dealkylation sites (tertiary alicyclic amines) is 1. The van der Waals surface area contributed by atoms with Crippen LogP contribution in [-0.2, 0) is 6.42 Å². The molecule has 1 aliphatic carbocycles. The van der Waals surface area contributed by atoms with Gasteiger partial charge in [-0.15, -0.1) is 0 Å². The van der Waals surface area contributed by atoms with Crippen LogP contribution in [0.5, 0.6) is 0 Å². The van der Waals surface area contributed by atoms with E-state index in [1.54, 1.807) is 0 Å². The van der Waals surface area contributed by atoms with Gasteiger partial charge in [-0.3, -0.25) is 4.90 Å². The van der Waals surface area contributed by atoms with Gasteiger partial charge in [-0.1, -0.05) is 43.2 Å². The van der Waals surface area contributed by atoms with Crippen LogP contribution in [0.3, 0.4) is 0 Å². The average Bonchev–Trinajstić information content (AvgIpc) is 2.90. The van der Waals surface area contributed by atoms with Crippen molar-refractivity contribution in [2.75, 3.05) is 13.1 Å². The lowest BCUT2D eigenvalue weighted by atomic mass is 9.85. The van der Waals surface area contributed by atoms with Crippen molar-refractivity contribution in [3.05, 3.63) is 35.9 Å². The molecule has 3 unspecified atom stereocenters. The molecule has 1 saturated heterocycles. The Bertz CT molecular complexity index is 403. The molecule has 20 heavy (non-hydrogen) atoms. The Kier molecular flexibility index (Phi) is 4.74. The quantitative estimate of drug-likeness (QED) is 0.892. The zero-order valence-electron chi connectivity index (χ0n) is 12.5. The molecular weight excluding hydrogens is 244 g/mol. The average molecular weight is 272 g/mol. The highest BCUT2D eigenvalue weighted by Gasteiger charge is 2.35. The summed E-state index contributed by atoms with van der Waals surface area (Å²) in [6, 6.07) is 11.9. The van der Waals surface area contributed by atoms with Gasteiger partial charge in [-0.05, 0) is 50.1 Å². The predicted octanol–water partition coefficient (Wildman–Crippen LogP) is 3.21. The maximum absolute atomic E-state index is 6.38. The normalized spacial score (nSPS) is 28.2. The van der Waals surface area contributed by atoms with Gasteiger partial charge in [0.25, 0.3) is 0 Å². The van der Waals surface area contributed by atoms with E-state index >= 15 is 0 Å². The van der Waals surface area contributed by atoms with Crippen molar-refractivity contribution in [2.24, 2.45) is 11.7 Å². The Morgan fingerprint density at radius 1 is 1.10 bits per heavy atom. The number of hydrogen-bond acceptors (Lipinski definition) is 2. The minimum absolute atomic E-state index is 0.330. The van der Waals surface area contributed by atoms with Gasteiger partial charge in [0.05, 0.1) is 0 Å². The molecule has 1 aromatic rings. The van der Waals surface area contributed by atoms with Gasteiger partial charge in [-0.25, -0.2) is 0 Å². The van der Waals surface area contributed by atoms with E-state index in [1.165, 1.54) is 44.2 Å². The van der Waals surface area contributed by atoms with Crippen molar-refractivity contribution >= 4 is 0 Å². The molecule has 3 atom stereocenters. The first-order valence-electron chi connectivity index (χ1n) is 8.36. The lowest BCUT2D eigenvalue weighted by Crippen LogP contribution is -2.42. The van der Waals surface area contributed by atoms with Crippen LogP contribution in [0.2, 0.25) is 0 Å². The van der Waals surface area contributed by atoms with Crippen LogP contribution >= 0.6 is 0 Å². The van der Waals surface area contributed by atoms with E-state index in [0.29, 0.717) is 6.04 Å². The molecule has 0 radical (unpaired) electrons. The van der Waals surface area contributed by atoms with E-state index < -0.39 is 0 Å². The highest BCUT2D eigenvalue weighted by atomic mass is 15.2. The summed E-state index contributed by atoms with van der Waals surface area (Å²) in [5.41, 5.74) is 7.80. The molecule has 110 valence electrons. The zero-order valence-corrected chi connectivity index (χ0v) is 12.5. The lowest BCUT2D eigenvalue weighted by Gasteiger charge is -2.33. The molecule has 2 heteroatoms. The van der Waals surface area contributed by atoms with Gasteiger partial charge < -0.3 is 5.73 Å². The van der Waals surface area contributed by atoms with Gasteiger partial charge in [0.2, 0.25) is 0 Å². The summed E-state index contributed by atoms with van der Waals surface area (Å²) in [6.45, 7) is 2.39. The lowest BCUT2D eigenvalue weighted by molar-refractivity contribution is 0.172. The Morgan fingerprint density at radius 2 is 1.90 bits per heavy atom. The van der Waals surface area contributed by atoms with Gasteiger partial charge in [-0.2, -0.15) is 0 Å². The number of aryl methyl sites for hydroxylation is 1. The van der Waals surface area contributed by atoms with Crippen LogP contribution in [0.25, 0.3) is 0 Å². The third-order valence-electron chi connectivity index (χ3n) is 5.24. The molecule has 1 saturated carbocycles. The maximum Gasteiger partial charge on any atom is 0.0171 e. The number of benzene rings is 1. The van der Waals surface area contributed by atoms with E-state index in [4.69, 9.17) is 5.73 Å². The molecule has 0 amide bonds. The summed E-state index contributed by atoms with van der Waals surface area (Å²) in [7, 11) is 0. The molecule has 2 N–H and O–H groups in total. The standard InChI is InChI=1S/C18H28N2/c19-17(11-10-15-6-2-1-3-7-15)14-20-13-12-16-8-4-5-9-18(16)20/h1-3,6-7,16-18H,4-5,8-14,19H2. The van der Waals surface area contributed by atoms with Gasteiger partial charge >= 0.3 is 0 Å². The third-order valence-corrected chi connectivity index (χ3v) is 5.24. The number of nitrogens with zero attached hydrogens (tertiary/aromatic N) is 1. The Hall–Kier alpha value is -0.860. The highest BCUT2D eigenvalue weighted by Crippen LogP contribution is 2.36. The van der Waals surface area contributed by atoms with Crippen molar-refractivity contribution in [2.45, 2.75) is 57.0 Å². The molecule has 0 spiro atoms. The molecule has 2 nitrogen and oxygen atoms in total. The van der Waals surface area contributed by atoms with Gasteiger partial charge in [0, 0.05) is 18.6 Å². The first-order chi connectivity index (χ1) is 9.83. The Balaban J connectivity index is 1.45. The molecule has 0 bridgehead atoms. The summed E-state index contributed by atoms with van der Waals surface area (Å²) in [6.07, 6.45) is 9.39. The predicted molar refractivity (Wildman–Crippen MR) is 84.7 cm³/mol. The minimum atomic E-state index is 0.330. The molecule has 1 aromatic carbocycles. The fourth-order valence-corrected chi connectivity index (χ4v) is 4.12. The number of rotatable bonds is 5. The largest absolute Gasteiger partial charge is 0.327 e. The van der Waals surface area contributed by atoms with Gasteiger partial charge in [0.1, 0.15) is 0 Å². The van der Waals surface area contributed by atoms with E-state index in [9.17, 15) is 0 Å². The summed E-state index contributed by atoms with van der Waals surface area (Å²) in [4.78, 5) is 2.69. The fraction of sp³-hybridized carbons (Fsp3) is 0.667. The second-order valence-corrected chi connectivity index (χ2v) is 6.68. The summed E-state index contributed by atoms with van der Waals surface area (Å²) in [5, 5.41) is 0. The second kappa shape index (κ2) is 6.73. The molecule has 1 heterocycles. The fourth-order valence-electron chi connectivity index (χ4n) is 4.12. The topological polar surface area (TPSA) is 29.3 Å². The first-order valence-corrected chi connectivity index (χ1v) is 8.36. The smallest absolute Gasteiger partial charge is 0.0171 e. The van der Waals surface area contributed by atoms with Gasteiger partial charge in [0.15, 0.2) is 0 Å². The highest BCUT2D eigenvalue weighted by molar-refractivity contribution is 5.14. The van der Waals surface area contributed by atoms with E-state index in [0.717, 1.165) is 31.3 Å². The maximum atomic E-state index is 6.38. The van der Waals surface area contributed by atoms with Crippen molar-refractivity contribution in [3.8, 4) is 0 Å². The zero-order chi connectivity index (χ0) is 13.8. The van der Waals surface area contributed by atoms with Crippen LogP contribution in [-0.4, -0.2) is 30.1 Å². The molecule has 0 aromatic heterocycles.